The predicted molar refractivity (Wildman–Crippen MR) is 64.6 cm³/mol. The number of benzene rings is 1. The largest absolute Gasteiger partial charge is 0.495 e. The summed E-state index contributed by atoms with van der Waals surface area (Å²) in [5.41, 5.74) is 1.56. The van der Waals surface area contributed by atoms with Gasteiger partial charge in [-0.1, -0.05) is 6.07 Å². The van der Waals surface area contributed by atoms with Crippen LogP contribution in [0.2, 0.25) is 0 Å². The Morgan fingerprint density at radius 1 is 1.44 bits per heavy atom. The highest BCUT2D eigenvalue weighted by atomic mass is 16.5. The molecule has 0 saturated heterocycles. The van der Waals surface area contributed by atoms with Crippen LogP contribution in [0.4, 0.5) is 0 Å². The van der Waals surface area contributed by atoms with Crippen LogP contribution in [0.5, 0.6) is 5.75 Å². The highest BCUT2D eigenvalue weighted by Crippen LogP contribution is 2.18. The summed E-state index contributed by atoms with van der Waals surface area (Å²) in [7, 11) is 1.55. The van der Waals surface area contributed by atoms with E-state index in [2.05, 4.69) is 26.6 Å². The van der Waals surface area contributed by atoms with Crippen LogP contribution in [0.15, 0.2) is 24.5 Å². The van der Waals surface area contributed by atoms with Gasteiger partial charge < -0.3 is 10.1 Å². The van der Waals surface area contributed by atoms with E-state index in [-0.39, 0.29) is 0 Å². The van der Waals surface area contributed by atoms with Crippen molar-refractivity contribution in [2.75, 3.05) is 7.11 Å². The summed E-state index contributed by atoms with van der Waals surface area (Å²) in [5.74, 6) is 1.38. The Hall–Kier alpha value is -2.39. The van der Waals surface area contributed by atoms with Crippen molar-refractivity contribution in [1.82, 2.24) is 20.5 Å². The smallest absolute Gasteiger partial charge is 0.138 e. The molecule has 0 unspecified atom stereocenters. The molecule has 6 heteroatoms. The van der Waals surface area contributed by atoms with E-state index < -0.39 is 0 Å². The molecule has 0 aliphatic rings. The highest BCUT2D eigenvalue weighted by Gasteiger charge is 2.03. The molecule has 1 heterocycles. The zero-order chi connectivity index (χ0) is 12.8. The van der Waals surface area contributed by atoms with Gasteiger partial charge in [0.05, 0.1) is 19.2 Å². The SMILES string of the molecule is COc1ccc(CNCc2ncn[nH]2)cc1C#N. The van der Waals surface area contributed by atoms with Crippen LogP contribution in [0.25, 0.3) is 0 Å². The fraction of sp³-hybridized carbons (Fsp3) is 0.250. The van der Waals surface area contributed by atoms with Gasteiger partial charge in [0.15, 0.2) is 0 Å². The Morgan fingerprint density at radius 3 is 3.00 bits per heavy atom. The van der Waals surface area contributed by atoms with Gasteiger partial charge in [-0.3, -0.25) is 5.10 Å². The molecule has 0 radical (unpaired) electrons. The molecular weight excluding hydrogens is 230 g/mol. The van der Waals surface area contributed by atoms with E-state index in [9.17, 15) is 0 Å². The first-order valence-electron chi connectivity index (χ1n) is 5.45. The first-order chi connectivity index (χ1) is 8.83. The summed E-state index contributed by atoms with van der Waals surface area (Å²) < 4.78 is 5.09. The van der Waals surface area contributed by atoms with Crippen LogP contribution in [0.3, 0.4) is 0 Å². The predicted octanol–water partition coefficient (Wildman–Crippen LogP) is 0.975. The number of hydrogen-bond acceptors (Lipinski definition) is 5. The second kappa shape index (κ2) is 5.80. The maximum absolute atomic E-state index is 8.98. The number of hydrogen-bond donors (Lipinski definition) is 2. The van der Waals surface area contributed by atoms with Gasteiger partial charge in [-0.15, -0.1) is 0 Å². The number of rotatable bonds is 5. The maximum atomic E-state index is 8.98. The lowest BCUT2D eigenvalue weighted by atomic mass is 10.1. The van der Waals surface area contributed by atoms with Crippen molar-refractivity contribution in [3.63, 3.8) is 0 Å². The molecule has 2 rings (SSSR count). The third kappa shape index (κ3) is 2.84. The van der Waals surface area contributed by atoms with Gasteiger partial charge in [0.2, 0.25) is 0 Å². The maximum Gasteiger partial charge on any atom is 0.138 e. The summed E-state index contributed by atoms with van der Waals surface area (Å²) in [6.45, 7) is 1.26. The molecule has 0 fully saturated rings. The third-order valence-electron chi connectivity index (χ3n) is 2.47. The number of aromatic amines is 1. The fourth-order valence-corrected chi connectivity index (χ4v) is 1.59. The van der Waals surface area contributed by atoms with Crippen molar-refractivity contribution in [1.29, 1.82) is 5.26 Å². The minimum absolute atomic E-state index is 0.538. The Kier molecular flexibility index (Phi) is 3.89. The summed E-state index contributed by atoms with van der Waals surface area (Å²) in [6.07, 6.45) is 1.47. The summed E-state index contributed by atoms with van der Waals surface area (Å²) in [5, 5.41) is 18.7. The Bertz CT molecular complexity index is 544. The van der Waals surface area contributed by atoms with Gasteiger partial charge in [-0.05, 0) is 17.7 Å². The molecule has 0 atom stereocenters. The van der Waals surface area contributed by atoms with Crippen LogP contribution in [-0.2, 0) is 13.1 Å². The van der Waals surface area contributed by atoms with E-state index >= 15 is 0 Å². The van der Waals surface area contributed by atoms with Crippen LogP contribution in [0.1, 0.15) is 17.0 Å². The monoisotopic (exact) mass is 243 g/mol. The molecule has 0 bridgehead atoms. The molecule has 92 valence electrons. The minimum atomic E-state index is 0.538. The molecule has 0 aliphatic heterocycles. The number of ether oxygens (including phenoxy) is 1. The van der Waals surface area contributed by atoms with Crippen LogP contribution in [-0.4, -0.2) is 22.3 Å². The third-order valence-corrected chi connectivity index (χ3v) is 2.47. The van der Waals surface area contributed by atoms with Crippen molar-refractivity contribution in [2.24, 2.45) is 0 Å². The lowest BCUT2D eigenvalue weighted by Crippen LogP contribution is -2.13. The quantitative estimate of drug-likeness (QED) is 0.817. The summed E-state index contributed by atoms with van der Waals surface area (Å²) >= 11 is 0. The average molecular weight is 243 g/mol. The van der Waals surface area contributed by atoms with Gasteiger partial charge in [-0.2, -0.15) is 10.4 Å². The highest BCUT2D eigenvalue weighted by molar-refractivity contribution is 5.45. The molecule has 2 aromatic rings. The molecule has 0 saturated carbocycles. The van der Waals surface area contributed by atoms with E-state index in [4.69, 9.17) is 10.00 Å². The molecule has 0 aliphatic carbocycles. The summed E-state index contributed by atoms with van der Waals surface area (Å²) in [4.78, 5) is 4.01. The summed E-state index contributed by atoms with van der Waals surface area (Å²) in [6, 6.07) is 7.64. The second-order valence-electron chi connectivity index (χ2n) is 3.68. The van der Waals surface area contributed by atoms with E-state index in [0.717, 1.165) is 11.4 Å². The topological polar surface area (TPSA) is 86.6 Å². The van der Waals surface area contributed by atoms with Gasteiger partial charge in [-0.25, -0.2) is 4.98 Å². The molecule has 6 nitrogen and oxygen atoms in total. The normalized spacial score (nSPS) is 10.0. The number of nitrogens with zero attached hydrogens (tertiary/aromatic N) is 3. The van der Waals surface area contributed by atoms with E-state index in [1.54, 1.807) is 13.2 Å². The number of methoxy groups -OCH3 is 1. The molecule has 2 N–H and O–H groups in total. The lowest BCUT2D eigenvalue weighted by Gasteiger charge is -2.06. The van der Waals surface area contributed by atoms with Crippen molar-refractivity contribution in [3.8, 4) is 11.8 Å². The van der Waals surface area contributed by atoms with Crippen molar-refractivity contribution >= 4 is 0 Å². The van der Waals surface area contributed by atoms with E-state index in [1.807, 2.05) is 12.1 Å². The van der Waals surface area contributed by atoms with Crippen LogP contribution in [0, 0.1) is 11.3 Å². The number of nitriles is 1. The molecule has 1 aromatic carbocycles. The first kappa shape index (κ1) is 12.1. The average Bonchev–Trinajstić information content (AvgIpc) is 2.91. The van der Waals surface area contributed by atoms with Gasteiger partial charge in [0.1, 0.15) is 24.0 Å². The van der Waals surface area contributed by atoms with E-state index in [1.165, 1.54) is 6.33 Å². The molecule has 1 aromatic heterocycles. The Morgan fingerprint density at radius 2 is 2.33 bits per heavy atom. The Labute approximate surface area is 105 Å². The first-order valence-corrected chi connectivity index (χ1v) is 5.45. The number of aromatic nitrogens is 3. The molecular formula is C12H13N5O. The van der Waals surface area contributed by atoms with Crippen LogP contribution < -0.4 is 10.1 Å². The minimum Gasteiger partial charge on any atom is -0.495 e. The van der Waals surface area contributed by atoms with Gasteiger partial charge >= 0.3 is 0 Å². The standard InChI is InChI=1S/C12H13N5O/c1-18-11-3-2-9(4-10(11)5-13)6-14-7-12-15-8-16-17-12/h2-4,8,14H,6-7H2,1H3,(H,15,16,17). The van der Waals surface area contributed by atoms with Gasteiger partial charge in [0, 0.05) is 6.54 Å². The van der Waals surface area contributed by atoms with Crippen molar-refractivity contribution in [3.05, 3.63) is 41.5 Å². The zero-order valence-electron chi connectivity index (χ0n) is 9.97. The zero-order valence-corrected chi connectivity index (χ0v) is 9.97. The number of nitrogens with one attached hydrogen (secondary N) is 2. The molecule has 0 amide bonds. The lowest BCUT2D eigenvalue weighted by molar-refractivity contribution is 0.413. The fourth-order valence-electron chi connectivity index (χ4n) is 1.59. The van der Waals surface area contributed by atoms with Crippen molar-refractivity contribution in [2.45, 2.75) is 13.1 Å². The van der Waals surface area contributed by atoms with Crippen molar-refractivity contribution < 1.29 is 4.74 Å². The molecule has 0 spiro atoms. The second-order valence-corrected chi connectivity index (χ2v) is 3.68. The van der Waals surface area contributed by atoms with Crippen LogP contribution >= 0.6 is 0 Å². The van der Waals surface area contributed by atoms with E-state index in [0.29, 0.717) is 24.4 Å². The molecule has 18 heavy (non-hydrogen) atoms. The Balaban J connectivity index is 1.96. The van der Waals surface area contributed by atoms with Gasteiger partial charge in [0.25, 0.3) is 0 Å². The number of H-pyrrole nitrogens is 1.